The second-order valence-corrected chi connectivity index (χ2v) is 7.85. The predicted molar refractivity (Wildman–Crippen MR) is 124 cm³/mol. The van der Waals surface area contributed by atoms with Crippen molar-refractivity contribution in [1.29, 1.82) is 0 Å². The molecule has 2 heterocycles. The molecule has 0 saturated heterocycles. The Hall–Kier alpha value is -3.55. The van der Waals surface area contributed by atoms with Crippen LogP contribution in [0.2, 0.25) is 0 Å². The van der Waals surface area contributed by atoms with Crippen LogP contribution in [0.25, 0.3) is 0 Å². The molecular formula is C24H29N5O3. The summed E-state index contributed by atoms with van der Waals surface area (Å²) in [5, 5.41) is 7.71. The summed E-state index contributed by atoms with van der Waals surface area (Å²) in [6.07, 6.45) is 4.32. The van der Waals surface area contributed by atoms with Crippen molar-refractivity contribution in [1.82, 2.24) is 14.8 Å². The summed E-state index contributed by atoms with van der Waals surface area (Å²) in [6.45, 7) is 3.08. The first-order valence-corrected chi connectivity index (χ1v) is 10.9. The molecule has 8 nitrogen and oxygen atoms in total. The molecule has 1 aromatic heterocycles. The lowest BCUT2D eigenvalue weighted by Crippen LogP contribution is -2.35. The maximum atomic E-state index is 13.4. The molecule has 0 unspecified atom stereocenters. The molecule has 0 saturated carbocycles. The van der Waals surface area contributed by atoms with Crippen LogP contribution in [0.4, 0.5) is 16.2 Å². The SMILES string of the molecule is COc1ccc(N(Cc2nc3n(n2)CCCCC3)C(=O)Nc2ccccc2C)cc1OC. The molecule has 1 aliphatic heterocycles. The third-order valence-electron chi connectivity index (χ3n) is 5.67. The highest BCUT2D eigenvalue weighted by molar-refractivity contribution is 6.02. The number of aryl methyl sites for hydroxylation is 3. The lowest BCUT2D eigenvalue weighted by atomic mass is 10.2. The Morgan fingerprint density at radius 1 is 1.09 bits per heavy atom. The van der Waals surface area contributed by atoms with Crippen LogP contribution in [-0.2, 0) is 19.5 Å². The summed E-state index contributed by atoms with van der Waals surface area (Å²) in [4.78, 5) is 19.8. The zero-order chi connectivity index (χ0) is 22.5. The van der Waals surface area contributed by atoms with Gasteiger partial charge < -0.3 is 14.8 Å². The lowest BCUT2D eigenvalue weighted by molar-refractivity contribution is 0.256. The van der Waals surface area contributed by atoms with Crippen LogP contribution >= 0.6 is 0 Å². The number of ether oxygens (including phenoxy) is 2. The monoisotopic (exact) mass is 435 g/mol. The number of fused-ring (bicyclic) bond motifs is 1. The number of urea groups is 1. The quantitative estimate of drug-likeness (QED) is 0.613. The van der Waals surface area contributed by atoms with Gasteiger partial charge in [-0.05, 0) is 43.5 Å². The molecule has 32 heavy (non-hydrogen) atoms. The van der Waals surface area contributed by atoms with Crippen molar-refractivity contribution in [3.63, 3.8) is 0 Å². The van der Waals surface area contributed by atoms with E-state index in [9.17, 15) is 4.79 Å². The fourth-order valence-corrected chi connectivity index (χ4v) is 3.89. The number of hydrogen-bond donors (Lipinski definition) is 1. The largest absolute Gasteiger partial charge is 0.493 e. The number of anilines is 2. The second kappa shape index (κ2) is 9.72. The first kappa shape index (κ1) is 21.7. The predicted octanol–water partition coefficient (Wildman–Crippen LogP) is 4.57. The van der Waals surface area contributed by atoms with E-state index in [1.807, 2.05) is 41.9 Å². The minimum Gasteiger partial charge on any atom is -0.493 e. The Balaban J connectivity index is 1.66. The normalized spacial score (nSPS) is 13.1. The van der Waals surface area contributed by atoms with Gasteiger partial charge in [-0.2, -0.15) is 5.10 Å². The Labute approximate surface area is 188 Å². The summed E-state index contributed by atoms with van der Waals surface area (Å²) in [7, 11) is 3.16. The van der Waals surface area contributed by atoms with Crippen molar-refractivity contribution in [2.45, 2.75) is 45.7 Å². The summed E-state index contributed by atoms with van der Waals surface area (Å²) in [5.74, 6) is 2.76. The topological polar surface area (TPSA) is 81.5 Å². The lowest BCUT2D eigenvalue weighted by Gasteiger charge is -2.23. The van der Waals surface area contributed by atoms with E-state index in [1.165, 1.54) is 6.42 Å². The van der Waals surface area contributed by atoms with Gasteiger partial charge in [0.25, 0.3) is 0 Å². The van der Waals surface area contributed by atoms with Crippen LogP contribution in [0.1, 0.15) is 36.5 Å². The highest BCUT2D eigenvalue weighted by atomic mass is 16.5. The number of rotatable bonds is 6. The average molecular weight is 436 g/mol. The number of benzene rings is 2. The van der Waals surface area contributed by atoms with Gasteiger partial charge in [0.05, 0.1) is 20.8 Å². The van der Waals surface area contributed by atoms with Gasteiger partial charge in [-0.1, -0.05) is 24.6 Å². The Bertz CT molecular complexity index is 1070. The van der Waals surface area contributed by atoms with Crippen LogP contribution in [-0.4, -0.2) is 35.0 Å². The summed E-state index contributed by atoms with van der Waals surface area (Å²) in [5.41, 5.74) is 2.41. The molecule has 2 amide bonds. The molecule has 0 spiro atoms. The van der Waals surface area contributed by atoms with Crippen molar-refractivity contribution >= 4 is 17.4 Å². The van der Waals surface area contributed by atoms with Crippen LogP contribution in [0.15, 0.2) is 42.5 Å². The van der Waals surface area contributed by atoms with Gasteiger partial charge >= 0.3 is 6.03 Å². The van der Waals surface area contributed by atoms with Gasteiger partial charge in [0, 0.05) is 30.4 Å². The molecule has 1 N–H and O–H groups in total. The van der Waals surface area contributed by atoms with Crippen LogP contribution in [0, 0.1) is 6.92 Å². The van der Waals surface area contributed by atoms with E-state index in [0.29, 0.717) is 23.0 Å². The highest BCUT2D eigenvalue weighted by Crippen LogP contribution is 2.32. The molecule has 4 rings (SSSR count). The zero-order valence-electron chi connectivity index (χ0n) is 18.8. The molecule has 3 aromatic rings. The van der Waals surface area contributed by atoms with Crippen LogP contribution in [0.3, 0.4) is 0 Å². The van der Waals surface area contributed by atoms with E-state index in [0.717, 1.165) is 42.9 Å². The molecule has 0 bridgehead atoms. The summed E-state index contributed by atoms with van der Waals surface area (Å²) >= 11 is 0. The summed E-state index contributed by atoms with van der Waals surface area (Å²) < 4.78 is 12.8. The minimum absolute atomic E-state index is 0.243. The molecule has 0 atom stereocenters. The number of hydrogen-bond acceptors (Lipinski definition) is 5. The van der Waals surface area contributed by atoms with Crippen molar-refractivity contribution in [3.8, 4) is 11.5 Å². The van der Waals surface area contributed by atoms with Gasteiger partial charge in [0.2, 0.25) is 0 Å². The fourth-order valence-electron chi connectivity index (χ4n) is 3.89. The Kier molecular flexibility index (Phi) is 6.58. The van der Waals surface area contributed by atoms with Gasteiger partial charge in [-0.25, -0.2) is 14.5 Å². The van der Waals surface area contributed by atoms with Crippen molar-refractivity contribution in [3.05, 3.63) is 59.7 Å². The average Bonchev–Trinajstić information content (AvgIpc) is 3.06. The van der Waals surface area contributed by atoms with Gasteiger partial charge in [0.15, 0.2) is 17.3 Å². The van der Waals surface area contributed by atoms with Crippen molar-refractivity contribution in [2.75, 3.05) is 24.4 Å². The maximum Gasteiger partial charge on any atom is 0.326 e. The van der Waals surface area contributed by atoms with Gasteiger partial charge in [-0.15, -0.1) is 0 Å². The number of carbonyl (C=O) groups excluding carboxylic acids is 1. The molecule has 0 radical (unpaired) electrons. The van der Waals surface area contributed by atoms with E-state index < -0.39 is 0 Å². The van der Waals surface area contributed by atoms with Crippen LogP contribution in [0.5, 0.6) is 11.5 Å². The molecular weight excluding hydrogens is 406 g/mol. The minimum atomic E-state index is -0.267. The third kappa shape index (κ3) is 4.69. The zero-order valence-corrected chi connectivity index (χ0v) is 18.8. The maximum absolute atomic E-state index is 13.4. The number of para-hydroxylation sites is 1. The standard InChI is InChI=1S/C24H29N5O3/c1-17-9-6-7-10-19(17)25-24(30)28(18-12-13-20(31-2)21(15-18)32-3)16-22-26-23-11-5-4-8-14-29(23)27-22/h6-7,9-10,12-13,15H,4-5,8,11,14,16H2,1-3H3,(H,25,30). The number of methoxy groups -OCH3 is 2. The Morgan fingerprint density at radius 2 is 1.91 bits per heavy atom. The van der Waals surface area contributed by atoms with E-state index in [2.05, 4.69) is 10.4 Å². The smallest absolute Gasteiger partial charge is 0.326 e. The number of amides is 2. The highest BCUT2D eigenvalue weighted by Gasteiger charge is 2.22. The molecule has 0 aliphatic carbocycles. The fraction of sp³-hybridized carbons (Fsp3) is 0.375. The van der Waals surface area contributed by atoms with Gasteiger partial charge in [-0.3, -0.25) is 4.90 Å². The van der Waals surface area contributed by atoms with Crippen LogP contribution < -0.4 is 19.7 Å². The first-order chi connectivity index (χ1) is 15.6. The number of aromatic nitrogens is 3. The van der Waals surface area contributed by atoms with E-state index in [-0.39, 0.29) is 12.6 Å². The molecule has 168 valence electrons. The number of nitrogens with zero attached hydrogens (tertiary/aromatic N) is 4. The van der Waals surface area contributed by atoms with E-state index in [1.54, 1.807) is 31.3 Å². The molecule has 2 aromatic carbocycles. The van der Waals surface area contributed by atoms with E-state index in [4.69, 9.17) is 14.5 Å². The number of nitrogens with one attached hydrogen (secondary N) is 1. The first-order valence-electron chi connectivity index (χ1n) is 10.9. The third-order valence-corrected chi connectivity index (χ3v) is 5.67. The second-order valence-electron chi connectivity index (χ2n) is 7.85. The van der Waals surface area contributed by atoms with Crippen molar-refractivity contribution in [2.24, 2.45) is 0 Å². The molecule has 8 heteroatoms. The van der Waals surface area contributed by atoms with Gasteiger partial charge in [0.1, 0.15) is 5.82 Å². The van der Waals surface area contributed by atoms with E-state index >= 15 is 0 Å². The Morgan fingerprint density at radius 3 is 2.69 bits per heavy atom. The van der Waals surface area contributed by atoms with Crippen molar-refractivity contribution < 1.29 is 14.3 Å². The summed E-state index contributed by atoms with van der Waals surface area (Å²) in [6, 6.07) is 12.8. The number of carbonyl (C=O) groups is 1. The molecule has 1 aliphatic rings. The molecule has 0 fully saturated rings.